The van der Waals surface area contributed by atoms with Gasteiger partial charge in [-0.15, -0.1) is 0 Å². The number of nitrogens with one attached hydrogen (secondary N) is 1. The van der Waals surface area contributed by atoms with E-state index in [4.69, 9.17) is 5.11 Å². The van der Waals surface area contributed by atoms with Gasteiger partial charge >= 0.3 is 5.97 Å². The first-order valence-corrected chi connectivity index (χ1v) is 6.62. The number of hydrogen-bond donors (Lipinski definition) is 3. The van der Waals surface area contributed by atoms with Crippen molar-refractivity contribution in [1.29, 1.82) is 0 Å². The van der Waals surface area contributed by atoms with Gasteiger partial charge in [0.15, 0.2) is 0 Å². The predicted octanol–water partition coefficient (Wildman–Crippen LogP) is 1.63. The van der Waals surface area contributed by atoms with Crippen LogP contribution in [0.15, 0.2) is 0 Å². The number of aliphatic hydroxyl groups is 1. The smallest absolute Gasteiger partial charge is 0.306 e. The average Bonchev–Trinajstić information content (AvgIpc) is 2.28. The molecule has 0 aliphatic heterocycles. The summed E-state index contributed by atoms with van der Waals surface area (Å²) in [6, 6.07) is 0.355. The van der Waals surface area contributed by atoms with Crippen molar-refractivity contribution < 1.29 is 15.0 Å². The van der Waals surface area contributed by atoms with Gasteiger partial charge < -0.3 is 15.5 Å². The van der Waals surface area contributed by atoms with Crippen LogP contribution < -0.4 is 5.32 Å². The van der Waals surface area contributed by atoms with E-state index in [1.54, 1.807) is 0 Å². The van der Waals surface area contributed by atoms with Gasteiger partial charge in [-0.1, -0.05) is 20.3 Å². The summed E-state index contributed by atoms with van der Waals surface area (Å²) in [5.74, 6) is -0.348. The molecule has 0 saturated heterocycles. The molecule has 0 radical (unpaired) electrons. The second-order valence-corrected chi connectivity index (χ2v) is 5.57. The molecule has 1 aliphatic carbocycles. The highest BCUT2D eigenvalue weighted by atomic mass is 16.4. The highest BCUT2D eigenvalue weighted by Crippen LogP contribution is 2.25. The Morgan fingerprint density at radius 1 is 1.41 bits per heavy atom. The fourth-order valence-corrected chi connectivity index (χ4v) is 2.66. The largest absolute Gasteiger partial charge is 0.481 e. The molecule has 4 heteroatoms. The Labute approximate surface area is 103 Å². The summed E-state index contributed by atoms with van der Waals surface area (Å²) in [7, 11) is 0. The minimum atomic E-state index is -0.680. The third kappa shape index (κ3) is 5.04. The predicted molar refractivity (Wildman–Crippen MR) is 66.8 cm³/mol. The number of carboxylic acids is 1. The number of hydrogen-bond acceptors (Lipinski definition) is 3. The Kier molecular flexibility index (Phi) is 5.92. The van der Waals surface area contributed by atoms with Gasteiger partial charge in [-0.3, -0.25) is 4.79 Å². The van der Waals surface area contributed by atoms with Gasteiger partial charge in [0.2, 0.25) is 0 Å². The van der Waals surface area contributed by atoms with Crippen LogP contribution in [-0.2, 0) is 4.79 Å². The van der Waals surface area contributed by atoms with Crippen LogP contribution in [-0.4, -0.2) is 34.9 Å². The quantitative estimate of drug-likeness (QED) is 0.663. The van der Waals surface area contributed by atoms with Gasteiger partial charge in [0, 0.05) is 12.1 Å². The molecule has 1 saturated carbocycles. The van der Waals surface area contributed by atoms with Crippen molar-refractivity contribution in [2.24, 2.45) is 11.8 Å². The van der Waals surface area contributed by atoms with Crippen LogP contribution in [0.5, 0.6) is 0 Å². The Balaban J connectivity index is 2.41. The highest BCUT2D eigenvalue weighted by Gasteiger charge is 2.28. The summed E-state index contributed by atoms with van der Waals surface area (Å²) >= 11 is 0. The number of aliphatic hydroxyl groups excluding tert-OH is 1. The van der Waals surface area contributed by atoms with Gasteiger partial charge in [-0.25, -0.2) is 0 Å². The van der Waals surface area contributed by atoms with Crippen molar-refractivity contribution in [3.8, 4) is 0 Å². The van der Waals surface area contributed by atoms with Crippen LogP contribution in [0, 0.1) is 11.8 Å². The normalized spacial score (nSPS) is 27.1. The summed E-state index contributed by atoms with van der Waals surface area (Å²) in [5.41, 5.74) is 0. The van der Waals surface area contributed by atoms with E-state index < -0.39 is 5.97 Å². The molecule has 4 nitrogen and oxygen atoms in total. The van der Waals surface area contributed by atoms with Gasteiger partial charge in [0.1, 0.15) is 0 Å². The third-order valence-electron chi connectivity index (χ3n) is 3.47. The third-order valence-corrected chi connectivity index (χ3v) is 3.47. The van der Waals surface area contributed by atoms with Crippen molar-refractivity contribution in [3.05, 3.63) is 0 Å². The van der Waals surface area contributed by atoms with Crippen molar-refractivity contribution >= 4 is 5.97 Å². The molecule has 0 aromatic rings. The molecule has 0 aromatic heterocycles. The maximum absolute atomic E-state index is 11.0. The Morgan fingerprint density at radius 2 is 2.12 bits per heavy atom. The van der Waals surface area contributed by atoms with E-state index in [1.165, 1.54) is 0 Å². The topological polar surface area (TPSA) is 69.6 Å². The molecule has 3 unspecified atom stereocenters. The van der Waals surface area contributed by atoms with Gasteiger partial charge in [-0.05, 0) is 31.6 Å². The molecule has 1 rings (SSSR count). The van der Waals surface area contributed by atoms with Gasteiger partial charge in [0.05, 0.1) is 12.5 Å². The Hall–Kier alpha value is -0.610. The van der Waals surface area contributed by atoms with E-state index >= 15 is 0 Å². The maximum atomic E-state index is 11.0. The fourth-order valence-electron chi connectivity index (χ4n) is 2.66. The first kappa shape index (κ1) is 14.5. The monoisotopic (exact) mass is 243 g/mol. The summed E-state index contributed by atoms with van der Waals surface area (Å²) in [4.78, 5) is 11.0. The number of aliphatic carboxylic acids is 1. The lowest BCUT2D eigenvalue weighted by atomic mass is 9.85. The van der Waals surface area contributed by atoms with E-state index in [1.807, 2.05) is 0 Å². The van der Waals surface area contributed by atoms with Crippen LogP contribution in [0.1, 0.15) is 46.0 Å². The van der Waals surface area contributed by atoms with E-state index in [2.05, 4.69) is 19.2 Å². The van der Waals surface area contributed by atoms with E-state index in [0.717, 1.165) is 25.7 Å². The van der Waals surface area contributed by atoms with Crippen molar-refractivity contribution in [2.45, 2.75) is 58.0 Å². The average molecular weight is 243 g/mol. The van der Waals surface area contributed by atoms with Crippen molar-refractivity contribution in [3.63, 3.8) is 0 Å². The van der Waals surface area contributed by atoms with Crippen LogP contribution >= 0.6 is 0 Å². The molecule has 0 amide bonds. The molecular formula is C13H25NO3. The lowest BCUT2D eigenvalue weighted by Crippen LogP contribution is -2.44. The molecule has 0 aromatic carbocycles. The summed E-state index contributed by atoms with van der Waals surface area (Å²) in [5, 5.41) is 21.7. The molecule has 3 atom stereocenters. The summed E-state index contributed by atoms with van der Waals surface area (Å²) in [6.07, 6.45) is 4.42. The minimum Gasteiger partial charge on any atom is -0.481 e. The Morgan fingerprint density at radius 3 is 2.65 bits per heavy atom. The molecule has 3 N–H and O–H groups in total. The van der Waals surface area contributed by atoms with Crippen molar-refractivity contribution in [2.75, 3.05) is 6.61 Å². The molecule has 0 bridgehead atoms. The van der Waals surface area contributed by atoms with E-state index in [9.17, 15) is 9.90 Å². The molecular weight excluding hydrogens is 218 g/mol. The van der Waals surface area contributed by atoms with Crippen LogP contribution in [0.3, 0.4) is 0 Å². The standard InChI is InChI=1S/C13H25NO3/c1-9(2)6-12(8-15)14-11-5-3-4-10(7-11)13(16)17/h9-12,14-15H,3-8H2,1-2H3,(H,16,17). The summed E-state index contributed by atoms with van der Waals surface area (Å²) < 4.78 is 0. The number of carboxylic acid groups (broad SMARTS) is 1. The molecule has 1 aliphatic rings. The highest BCUT2D eigenvalue weighted by molar-refractivity contribution is 5.70. The zero-order valence-corrected chi connectivity index (χ0v) is 10.9. The van der Waals surface area contributed by atoms with Crippen LogP contribution in [0.4, 0.5) is 0 Å². The minimum absolute atomic E-state index is 0.104. The SMILES string of the molecule is CC(C)CC(CO)NC1CCCC(C(=O)O)C1. The lowest BCUT2D eigenvalue weighted by Gasteiger charge is -2.31. The summed E-state index contributed by atoms with van der Waals surface area (Å²) in [6.45, 7) is 4.39. The maximum Gasteiger partial charge on any atom is 0.306 e. The molecule has 0 spiro atoms. The fraction of sp³-hybridized carbons (Fsp3) is 0.923. The van der Waals surface area contributed by atoms with Crippen molar-refractivity contribution in [1.82, 2.24) is 5.32 Å². The van der Waals surface area contributed by atoms with E-state index in [0.29, 0.717) is 12.3 Å². The molecule has 17 heavy (non-hydrogen) atoms. The van der Waals surface area contributed by atoms with Gasteiger partial charge in [-0.2, -0.15) is 0 Å². The van der Waals surface area contributed by atoms with Crippen LogP contribution in [0.25, 0.3) is 0 Å². The second-order valence-electron chi connectivity index (χ2n) is 5.57. The molecule has 100 valence electrons. The first-order chi connectivity index (χ1) is 8.02. The zero-order chi connectivity index (χ0) is 12.8. The lowest BCUT2D eigenvalue weighted by molar-refractivity contribution is -0.143. The Bertz CT molecular complexity index is 243. The zero-order valence-electron chi connectivity index (χ0n) is 10.9. The molecule has 0 heterocycles. The second kappa shape index (κ2) is 6.97. The van der Waals surface area contributed by atoms with Crippen LogP contribution in [0.2, 0.25) is 0 Å². The first-order valence-electron chi connectivity index (χ1n) is 6.62. The number of carbonyl (C=O) groups is 1. The van der Waals surface area contributed by atoms with E-state index in [-0.39, 0.29) is 24.6 Å². The molecule has 1 fully saturated rings. The van der Waals surface area contributed by atoms with Gasteiger partial charge in [0.25, 0.3) is 0 Å². The number of rotatable bonds is 6.